The Labute approximate surface area is 199 Å². The molecule has 3 aromatic carbocycles. The molecule has 0 aromatic heterocycles. The third kappa shape index (κ3) is 4.16. The molecule has 0 bridgehead atoms. The summed E-state index contributed by atoms with van der Waals surface area (Å²) in [7, 11) is -4.17. The number of phenols is 1. The van der Waals surface area contributed by atoms with Crippen LogP contribution in [-0.4, -0.2) is 24.0 Å². The quantitative estimate of drug-likeness (QED) is 0.277. The van der Waals surface area contributed by atoms with Gasteiger partial charge >= 0.3 is 10.1 Å². The van der Waals surface area contributed by atoms with Gasteiger partial charge in [0.25, 0.3) is 5.71 Å². The van der Waals surface area contributed by atoms with Gasteiger partial charge in [-0.2, -0.15) is 13.2 Å². The zero-order chi connectivity index (χ0) is 24.3. The maximum Gasteiger partial charge on any atom is 0.339 e. The summed E-state index contributed by atoms with van der Waals surface area (Å²) in [5.74, 6) is 0.136. The van der Waals surface area contributed by atoms with Crippen LogP contribution in [-0.2, 0) is 22.0 Å². The largest absolute Gasteiger partial charge is 0.508 e. The number of hydrogen-bond donors (Lipinski definition) is 1. The minimum Gasteiger partial charge on any atom is -0.508 e. The van der Waals surface area contributed by atoms with E-state index in [1.165, 1.54) is 29.8 Å². The Morgan fingerprint density at radius 3 is 2.21 bits per heavy atom. The van der Waals surface area contributed by atoms with Gasteiger partial charge in [-0.1, -0.05) is 56.3 Å². The van der Waals surface area contributed by atoms with Crippen molar-refractivity contribution >= 4 is 21.9 Å². The second-order valence-electron chi connectivity index (χ2n) is 8.29. The third-order valence-corrected chi connectivity index (χ3v) is 7.94. The molecule has 0 radical (unpaired) electrons. The van der Waals surface area contributed by atoms with E-state index in [1.807, 2.05) is 30.3 Å². The summed E-state index contributed by atoms with van der Waals surface area (Å²) in [5, 5.41) is 10.2. The van der Waals surface area contributed by atoms with Crippen LogP contribution >= 0.6 is 0 Å². The standard InChI is InChI=1S/C27H26N2O4S/c1-3-27(4-2,19-8-6-5-7-9-19)20-10-13-22(14-11-20)33-34(31,32)26-17-16-25(30)24-18-21(29-28)12-15-23(24)26/h5-17,30H,3-4,18H2,1-2H3. The average molecular weight is 475 g/mol. The van der Waals surface area contributed by atoms with Gasteiger partial charge in [0.1, 0.15) is 16.4 Å². The number of hydrogen-bond acceptors (Lipinski definition) is 4. The Hall–Kier alpha value is -3.67. The van der Waals surface area contributed by atoms with E-state index in [-0.39, 0.29) is 28.2 Å². The van der Waals surface area contributed by atoms with Crippen LogP contribution in [0.5, 0.6) is 11.5 Å². The van der Waals surface area contributed by atoms with Crippen molar-refractivity contribution < 1.29 is 22.5 Å². The molecule has 1 aliphatic carbocycles. The topological polar surface area (TPSA) is 100 Å². The van der Waals surface area contributed by atoms with E-state index in [0.717, 1.165) is 18.4 Å². The fraction of sp³-hybridized carbons (Fsp3) is 0.222. The predicted octanol–water partition coefficient (Wildman–Crippen LogP) is 5.51. The molecule has 7 heteroatoms. The van der Waals surface area contributed by atoms with Gasteiger partial charge in [-0.25, -0.2) is 0 Å². The number of phenolic OH excluding ortho intramolecular Hbond substituents is 1. The first-order chi connectivity index (χ1) is 16.3. The van der Waals surface area contributed by atoms with Crippen molar-refractivity contribution in [3.63, 3.8) is 0 Å². The number of benzene rings is 3. The van der Waals surface area contributed by atoms with E-state index in [1.54, 1.807) is 12.1 Å². The van der Waals surface area contributed by atoms with Crippen LogP contribution in [0.2, 0.25) is 0 Å². The van der Waals surface area contributed by atoms with Crippen LogP contribution in [0.25, 0.3) is 11.6 Å². The molecule has 0 atom stereocenters. The SMILES string of the molecule is CCC(CC)(c1ccccc1)c1ccc(OS(=O)(=O)c2ccc(O)c3c2C=CC(=[N+]=[N-])C3)cc1. The van der Waals surface area contributed by atoms with Crippen LogP contribution in [0.4, 0.5) is 0 Å². The van der Waals surface area contributed by atoms with Crippen molar-refractivity contribution in [2.45, 2.75) is 43.4 Å². The smallest absolute Gasteiger partial charge is 0.339 e. The van der Waals surface area contributed by atoms with Gasteiger partial charge in [-0.3, -0.25) is 0 Å². The average Bonchev–Trinajstić information content (AvgIpc) is 2.86. The fourth-order valence-corrected chi connectivity index (χ4v) is 5.85. The van der Waals surface area contributed by atoms with Gasteiger partial charge in [-0.15, -0.1) is 0 Å². The van der Waals surface area contributed by atoms with Crippen molar-refractivity contribution in [3.8, 4) is 11.5 Å². The molecule has 0 unspecified atom stereocenters. The maximum absolute atomic E-state index is 13.1. The molecular formula is C27H26N2O4S. The first-order valence-electron chi connectivity index (χ1n) is 11.2. The van der Waals surface area contributed by atoms with Crippen molar-refractivity contribution in [1.82, 2.24) is 0 Å². The zero-order valence-corrected chi connectivity index (χ0v) is 19.9. The second kappa shape index (κ2) is 9.29. The highest BCUT2D eigenvalue weighted by Crippen LogP contribution is 2.39. The molecular weight excluding hydrogens is 448 g/mol. The normalized spacial score (nSPS) is 13.3. The second-order valence-corrected chi connectivity index (χ2v) is 9.81. The molecule has 174 valence electrons. The van der Waals surface area contributed by atoms with Crippen LogP contribution in [0.3, 0.4) is 0 Å². The Morgan fingerprint density at radius 2 is 1.59 bits per heavy atom. The van der Waals surface area contributed by atoms with E-state index >= 15 is 0 Å². The van der Waals surface area contributed by atoms with E-state index in [4.69, 9.17) is 9.71 Å². The monoisotopic (exact) mass is 474 g/mol. The molecule has 0 amide bonds. The van der Waals surface area contributed by atoms with Crippen molar-refractivity contribution in [2.24, 2.45) is 0 Å². The number of fused-ring (bicyclic) bond motifs is 1. The van der Waals surface area contributed by atoms with Crippen LogP contribution in [0.15, 0.2) is 77.7 Å². The lowest BCUT2D eigenvalue weighted by molar-refractivity contribution is -0.00559. The first kappa shape index (κ1) is 23.5. The van der Waals surface area contributed by atoms with Gasteiger partial charge in [0.05, 0.1) is 6.42 Å². The van der Waals surface area contributed by atoms with Crippen LogP contribution < -0.4 is 4.18 Å². The third-order valence-electron chi connectivity index (χ3n) is 6.64. The molecule has 0 fully saturated rings. The number of nitrogens with zero attached hydrogens (tertiary/aromatic N) is 2. The minimum atomic E-state index is -4.17. The molecule has 0 heterocycles. The molecule has 6 nitrogen and oxygen atoms in total. The zero-order valence-electron chi connectivity index (χ0n) is 19.1. The molecule has 34 heavy (non-hydrogen) atoms. The maximum atomic E-state index is 13.1. The summed E-state index contributed by atoms with van der Waals surface area (Å²) in [6.07, 6.45) is 4.92. The Morgan fingerprint density at radius 1 is 0.941 bits per heavy atom. The first-order valence-corrected chi connectivity index (χ1v) is 12.6. The summed E-state index contributed by atoms with van der Waals surface area (Å²) in [6, 6.07) is 20.1. The lowest BCUT2D eigenvalue weighted by Crippen LogP contribution is -2.26. The Kier molecular flexibility index (Phi) is 6.42. The van der Waals surface area contributed by atoms with Crippen LogP contribution in [0.1, 0.15) is 48.9 Å². The summed E-state index contributed by atoms with van der Waals surface area (Å²) in [6.45, 7) is 4.31. The number of allylic oxidation sites excluding steroid dienone is 1. The summed E-state index contributed by atoms with van der Waals surface area (Å²) < 4.78 is 31.7. The van der Waals surface area contributed by atoms with Gasteiger partial charge in [0, 0.05) is 22.6 Å². The summed E-state index contributed by atoms with van der Waals surface area (Å²) in [5.41, 5.74) is 12.2. The van der Waals surface area contributed by atoms with E-state index in [0.29, 0.717) is 16.8 Å². The van der Waals surface area contributed by atoms with Gasteiger partial charge < -0.3 is 14.8 Å². The molecule has 3 aromatic rings. The fourth-order valence-electron chi connectivity index (χ4n) is 4.70. The molecule has 4 rings (SSSR count). The van der Waals surface area contributed by atoms with Crippen molar-refractivity contribution in [3.05, 3.63) is 101 Å². The Bertz CT molecular complexity index is 1380. The molecule has 0 saturated heterocycles. The summed E-state index contributed by atoms with van der Waals surface area (Å²) in [4.78, 5) is 3.09. The lowest BCUT2D eigenvalue weighted by atomic mass is 9.70. The van der Waals surface area contributed by atoms with E-state index in [2.05, 4.69) is 30.8 Å². The number of aromatic hydroxyl groups is 1. The Balaban J connectivity index is 1.67. The van der Waals surface area contributed by atoms with E-state index < -0.39 is 10.1 Å². The van der Waals surface area contributed by atoms with Gasteiger partial charge in [-0.05, 0) is 54.3 Å². The molecule has 0 aliphatic heterocycles. The summed E-state index contributed by atoms with van der Waals surface area (Å²) >= 11 is 0. The highest BCUT2D eigenvalue weighted by Gasteiger charge is 2.31. The predicted molar refractivity (Wildman–Crippen MR) is 132 cm³/mol. The lowest BCUT2D eigenvalue weighted by Gasteiger charge is -2.33. The molecule has 0 saturated carbocycles. The van der Waals surface area contributed by atoms with Crippen LogP contribution in [0, 0.1) is 0 Å². The molecule has 1 aliphatic rings. The molecule has 0 spiro atoms. The number of rotatable bonds is 7. The van der Waals surface area contributed by atoms with Gasteiger partial charge in [0.15, 0.2) is 0 Å². The highest BCUT2D eigenvalue weighted by molar-refractivity contribution is 7.87. The van der Waals surface area contributed by atoms with Crippen molar-refractivity contribution in [2.75, 3.05) is 0 Å². The van der Waals surface area contributed by atoms with E-state index in [9.17, 15) is 13.5 Å². The highest BCUT2D eigenvalue weighted by atomic mass is 32.2. The van der Waals surface area contributed by atoms with Gasteiger partial charge in [0.2, 0.25) is 0 Å². The van der Waals surface area contributed by atoms with Crippen molar-refractivity contribution in [1.29, 1.82) is 0 Å². The molecule has 1 N–H and O–H groups in total. The minimum absolute atomic E-state index is 0.0571.